The van der Waals surface area contributed by atoms with Crippen LogP contribution in [0.3, 0.4) is 0 Å². The third-order valence-electron chi connectivity index (χ3n) is 3.09. The fraction of sp³-hybridized carbons (Fsp3) is 0.143. The molecule has 2 heterocycles. The summed E-state index contributed by atoms with van der Waals surface area (Å²) in [5.41, 5.74) is 8.39. The number of rotatable bonds is 2. The van der Waals surface area contributed by atoms with Crippen molar-refractivity contribution in [3.63, 3.8) is 0 Å². The smallest absolute Gasteiger partial charge is 0.202 e. The number of anilines is 1. The summed E-state index contributed by atoms with van der Waals surface area (Å²) in [5.74, 6) is -0.969. The monoisotopic (exact) mass is 274 g/mol. The van der Waals surface area contributed by atoms with Crippen LogP contribution in [0.25, 0.3) is 11.2 Å². The summed E-state index contributed by atoms with van der Waals surface area (Å²) >= 11 is 0. The minimum Gasteiger partial charge on any atom is -0.369 e. The number of hydrogen-bond donors (Lipinski definition) is 1. The molecule has 20 heavy (non-hydrogen) atoms. The molecular weight excluding hydrogens is 262 g/mol. The zero-order valence-electron chi connectivity index (χ0n) is 10.8. The summed E-state index contributed by atoms with van der Waals surface area (Å²) in [6.07, 6.45) is 1.70. The molecule has 1 aromatic carbocycles. The molecule has 0 spiro atoms. The van der Waals surface area contributed by atoms with Crippen molar-refractivity contribution in [2.75, 3.05) is 5.73 Å². The fourth-order valence-corrected chi connectivity index (χ4v) is 2.11. The lowest BCUT2D eigenvalue weighted by Gasteiger charge is -2.07. The highest BCUT2D eigenvalue weighted by Crippen LogP contribution is 2.19. The van der Waals surface area contributed by atoms with E-state index in [1.54, 1.807) is 10.8 Å². The Morgan fingerprint density at radius 1 is 1.25 bits per heavy atom. The third kappa shape index (κ3) is 2.09. The van der Waals surface area contributed by atoms with Crippen molar-refractivity contribution in [2.24, 2.45) is 0 Å². The largest absolute Gasteiger partial charge is 0.369 e. The summed E-state index contributed by atoms with van der Waals surface area (Å²) in [7, 11) is 0. The van der Waals surface area contributed by atoms with Crippen LogP contribution in [-0.4, -0.2) is 14.5 Å². The van der Waals surface area contributed by atoms with Crippen LogP contribution in [0.15, 0.2) is 30.5 Å². The minimum atomic E-state index is -0.613. The summed E-state index contributed by atoms with van der Waals surface area (Å²) in [6, 6.07) is 5.31. The second-order valence-corrected chi connectivity index (χ2v) is 4.65. The quantitative estimate of drug-likeness (QED) is 0.781. The first-order chi connectivity index (χ1) is 9.54. The van der Waals surface area contributed by atoms with Gasteiger partial charge in [-0.25, -0.2) is 18.7 Å². The zero-order chi connectivity index (χ0) is 14.3. The van der Waals surface area contributed by atoms with E-state index in [-0.39, 0.29) is 12.5 Å². The number of nitrogens with zero attached hydrogens (tertiary/aromatic N) is 3. The lowest BCUT2D eigenvalue weighted by molar-refractivity contribution is 0.567. The SMILES string of the molecule is Cc1cnc2c(c1)nc(N)n2Cc1ccc(F)cc1F. The van der Waals surface area contributed by atoms with Crippen LogP contribution in [0.5, 0.6) is 0 Å². The average molecular weight is 274 g/mol. The molecule has 2 aromatic heterocycles. The molecule has 0 unspecified atom stereocenters. The Bertz CT molecular complexity index is 795. The van der Waals surface area contributed by atoms with E-state index in [1.807, 2.05) is 13.0 Å². The highest BCUT2D eigenvalue weighted by Gasteiger charge is 2.12. The molecule has 0 aliphatic rings. The van der Waals surface area contributed by atoms with E-state index in [9.17, 15) is 8.78 Å². The van der Waals surface area contributed by atoms with E-state index in [0.717, 1.165) is 11.6 Å². The third-order valence-corrected chi connectivity index (χ3v) is 3.09. The molecular formula is C14H12F2N4. The Balaban J connectivity index is 2.08. The summed E-state index contributed by atoms with van der Waals surface area (Å²) in [6.45, 7) is 2.06. The standard InChI is InChI=1S/C14H12F2N4/c1-8-4-12-13(18-6-8)20(14(17)19-12)7-9-2-3-10(15)5-11(9)16/h2-6H,7H2,1H3,(H2,17,19). The summed E-state index contributed by atoms with van der Waals surface area (Å²) in [5, 5.41) is 0. The van der Waals surface area contributed by atoms with Gasteiger partial charge < -0.3 is 5.73 Å². The number of aryl methyl sites for hydroxylation is 1. The van der Waals surface area contributed by atoms with Crippen LogP contribution in [0.4, 0.5) is 14.7 Å². The van der Waals surface area contributed by atoms with Crippen LogP contribution >= 0.6 is 0 Å². The number of nitrogen functional groups attached to an aromatic ring is 1. The van der Waals surface area contributed by atoms with Gasteiger partial charge in [0.1, 0.15) is 17.2 Å². The Morgan fingerprint density at radius 2 is 2.05 bits per heavy atom. The Hall–Kier alpha value is -2.50. The molecule has 0 aliphatic carbocycles. The van der Waals surface area contributed by atoms with Gasteiger partial charge in [-0.15, -0.1) is 0 Å². The van der Waals surface area contributed by atoms with E-state index in [0.29, 0.717) is 16.7 Å². The van der Waals surface area contributed by atoms with E-state index in [2.05, 4.69) is 9.97 Å². The van der Waals surface area contributed by atoms with Crippen LogP contribution in [0.2, 0.25) is 0 Å². The highest BCUT2D eigenvalue weighted by molar-refractivity contribution is 5.74. The van der Waals surface area contributed by atoms with Crippen LogP contribution in [-0.2, 0) is 6.54 Å². The van der Waals surface area contributed by atoms with E-state index >= 15 is 0 Å². The predicted octanol–water partition coefficient (Wildman–Crippen LogP) is 2.65. The highest BCUT2D eigenvalue weighted by atomic mass is 19.1. The van der Waals surface area contributed by atoms with Gasteiger partial charge in [-0.05, 0) is 24.6 Å². The number of fused-ring (bicyclic) bond motifs is 1. The Labute approximate surface area is 113 Å². The topological polar surface area (TPSA) is 56.7 Å². The van der Waals surface area contributed by atoms with Gasteiger partial charge in [0.05, 0.1) is 6.54 Å². The lowest BCUT2D eigenvalue weighted by atomic mass is 10.2. The maximum atomic E-state index is 13.7. The molecule has 0 bridgehead atoms. The minimum absolute atomic E-state index is 0.157. The fourth-order valence-electron chi connectivity index (χ4n) is 2.11. The molecule has 0 radical (unpaired) electrons. The molecule has 102 valence electrons. The second-order valence-electron chi connectivity index (χ2n) is 4.65. The van der Waals surface area contributed by atoms with Crippen LogP contribution < -0.4 is 5.73 Å². The normalized spacial score (nSPS) is 11.2. The molecule has 3 rings (SSSR count). The predicted molar refractivity (Wildman–Crippen MR) is 72.1 cm³/mol. The van der Waals surface area contributed by atoms with Gasteiger partial charge >= 0.3 is 0 Å². The Morgan fingerprint density at radius 3 is 2.80 bits per heavy atom. The zero-order valence-corrected chi connectivity index (χ0v) is 10.8. The number of halogens is 2. The lowest BCUT2D eigenvalue weighted by Crippen LogP contribution is -2.07. The number of nitrogens with two attached hydrogens (primary N) is 1. The number of pyridine rings is 1. The molecule has 0 saturated carbocycles. The Kier molecular flexibility index (Phi) is 2.85. The number of imidazole rings is 1. The van der Waals surface area contributed by atoms with Gasteiger partial charge in [-0.2, -0.15) is 0 Å². The molecule has 2 N–H and O–H groups in total. The molecule has 4 nitrogen and oxygen atoms in total. The molecule has 6 heteroatoms. The van der Waals surface area contributed by atoms with Crippen molar-refractivity contribution in [3.8, 4) is 0 Å². The van der Waals surface area contributed by atoms with Crippen LogP contribution in [0.1, 0.15) is 11.1 Å². The first kappa shape index (κ1) is 12.5. The van der Waals surface area contributed by atoms with Gasteiger partial charge in [0.2, 0.25) is 5.95 Å². The van der Waals surface area contributed by atoms with Crippen molar-refractivity contribution in [2.45, 2.75) is 13.5 Å². The maximum absolute atomic E-state index is 13.7. The van der Waals surface area contributed by atoms with Crippen molar-refractivity contribution in [1.82, 2.24) is 14.5 Å². The van der Waals surface area contributed by atoms with E-state index in [4.69, 9.17) is 5.73 Å². The molecule has 0 atom stereocenters. The van der Waals surface area contributed by atoms with Crippen molar-refractivity contribution < 1.29 is 8.78 Å². The molecule has 0 aliphatic heterocycles. The molecule has 3 aromatic rings. The van der Waals surface area contributed by atoms with Crippen molar-refractivity contribution in [1.29, 1.82) is 0 Å². The number of hydrogen-bond acceptors (Lipinski definition) is 3. The molecule has 0 amide bonds. The second kappa shape index (κ2) is 4.56. The van der Waals surface area contributed by atoms with Gasteiger partial charge in [-0.1, -0.05) is 6.07 Å². The van der Waals surface area contributed by atoms with Gasteiger partial charge in [-0.3, -0.25) is 4.57 Å². The first-order valence-corrected chi connectivity index (χ1v) is 6.07. The summed E-state index contributed by atoms with van der Waals surface area (Å²) in [4.78, 5) is 8.47. The number of aromatic nitrogens is 3. The van der Waals surface area contributed by atoms with E-state index in [1.165, 1.54) is 12.1 Å². The van der Waals surface area contributed by atoms with E-state index < -0.39 is 11.6 Å². The van der Waals surface area contributed by atoms with Crippen LogP contribution in [0, 0.1) is 18.6 Å². The molecule has 0 saturated heterocycles. The molecule has 0 fully saturated rings. The van der Waals surface area contributed by atoms with Gasteiger partial charge in [0, 0.05) is 17.8 Å². The van der Waals surface area contributed by atoms with Gasteiger partial charge in [0.25, 0.3) is 0 Å². The average Bonchev–Trinajstić information content (AvgIpc) is 2.68. The van der Waals surface area contributed by atoms with Crippen molar-refractivity contribution in [3.05, 3.63) is 53.2 Å². The first-order valence-electron chi connectivity index (χ1n) is 6.07. The van der Waals surface area contributed by atoms with Gasteiger partial charge in [0.15, 0.2) is 5.65 Å². The number of benzene rings is 1. The van der Waals surface area contributed by atoms with Crippen molar-refractivity contribution >= 4 is 17.1 Å². The maximum Gasteiger partial charge on any atom is 0.202 e. The summed E-state index contributed by atoms with van der Waals surface area (Å²) < 4.78 is 28.2.